The van der Waals surface area contributed by atoms with Gasteiger partial charge in [0, 0.05) is 25.7 Å². The van der Waals surface area contributed by atoms with E-state index in [9.17, 15) is 20.2 Å². The third kappa shape index (κ3) is 4.49. The zero-order valence-electron chi connectivity index (χ0n) is 15.0. The maximum atomic E-state index is 11.3. The van der Waals surface area contributed by atoms with Crippen LogP contribution in [0.25, 0.3) is 0 Å². The summed E-state index contributed by atoms with van der Waals surface area (Å²) in [5.41, 5.74) is 0.0792. The van der Waals surface area contributed by atoms with Gasteiger partial charge in [-0.25, -0.2) is 0 Å². The zero-order chi connectivity index (χ0) is 18.5. The van der Waals surface area contributed by atoms with Crippen molar-refractivity contribution in [2.24, 2.45) is 5.92 Å². The van der Waals surface area contributed by atoms with E-state index in [-0.39, 0.29) is 11.4 Å². The lowest BCUT2D eigenvalue weighted by Crippen LogP contribution is -2.39. The molecule has 0 N–H and O–H groups in total. The van der Waals surface area contributed by atoms with Crippen LogP contribution >= 0.6 is 0 Å². The molecular formula is C18H26N4O4. The van der Waals surface area contributed by atoms with E-state index in [1.54, 1.807) is 0 Å². The molecule has 8 nitrogen and oxygen atoms in total. The van der Waals surface area contributed by atoms with Gasteiger partial charge >= 0.3 is 0 Å². The van der Waals surface area contributed by atoms with Crippen molar-refractivity contribution < 1.29 is 9.85 Å². The molecule has 142 valence electrons. The normalized spacial score (nSPS) is 19.9. The van der Waals surface area contributed by atoms with E-state index in [2.05, 4.69) is 4.90 Å². The van der Waals surface area contributed by atoms with Gasteiger partial charge in [-0.15, -0.1) is 0 Å². The van der Waals surface area contributed by atoms with Gasteiger partial charge in [0.25, 0.3) is 11.4 Å². The van der Waals surface area contributed by atoms with Gasteiger partial charge in [0.05, 0.1) is 15.9 Å². The van der Waals surface area contributed by atoms with E-state index >= 15 is 0 Å². The van der Waals surface area contributed by atoms with Crippen molar-refractivity contribution in [3.05, 3.63) is 38.4 Å². The summed E-state index contributed by atoms with van der Waals surface area (Å²) >= 11 is 0. The van der Waals surface area contributed by atoms with E-state index in [1.165, 1.54) is 50.9 Å². The van der Waals surface area contributed by atoms with Crippen molar-refractivity contribution in [2.45, 2.75) is 38.5 Å². The Labute approximate surface area is 153 Å². The number of likely N-dealkylation sites (tertiary alicyclic amines) is 1. The first-order chi connectivity index (χ1) is 12.5. The molecule has 0 radical (unpaired) electrons. The van der Waals surface area contributed by atoms with Crippen molar-refractivity contribution in [1.29, 1.82) is 0 Å². The van der Waals surface area contributed by atoms with E-state index in [0.29, 0.717) is 11.6 Å². The number of nitro benzene ring substituents is 2. The lowest BCUT2D eigenvalue weighted by Gasteiger charge is -2.35. The van der Waals surface area contributed by atoms with Gasteiger partial charge in [-0.05, 0) is 50.8 Å². The molecule has 0 saturated carbocycles. The van der Waals surface area contributed by atoms with Crippen molar-refractivity contribution in [2.75, 3.05) is 37.6 Å². The van der Waals surface area contributed by atoms with Crippen LogP contribution in [-0.4, -0.2) is 47.5 Å². The molecule has 0 atom stereocenters. The Morgan fingerprint density at radius 1 is 0.923 bits per heavy atom. The lowest BCUT2D eigenvalue weighted by molar-refractivity contribution is -0.393. The molecule has 3 rings (SSSR count). The standard InChI is InChI=1S/C18H26N4O4/c23-21(24)16-5-6-17(18(13-16)22(25)26)20-11-7-15(8-12-20)14-19-9-3-1-2-4-10-19/h5-6,13,15H,1-4,7-12,14H2. The molecule has 0 bridgehead atoms. The Kier molecular flexibility index (Phi) is 6.03. The molecule has 2 aliphatic rings. The van der Waals surface area contributed by atoms with Crippen molar-refractivity contribution in [1.82, 2.24) is 4.90 Å². The number of nitro groups is 2. The van der Waals surface area contributed by atoms with Gasteiger partial charge in [0.15, 0.2) is 0 Å². The summed E-state index contributed by atoms with van der Waals surface area (Å²) in [6, 6.07) is 3.94. The van der Waals surface area contributed by atoms with E-state index in [0.717, 1.165) is 38.5 Å². The minimum atomic E-state index is -0.593. The number of piperidine rings is 1. The molecule has 1 aromatic carbocycles. The predicted molar refractivity (Wildman–Crippen MR) is 99.6 cm³/mol. The maximum absolute atomic E-state index is 11.3. The van der Waals surface area contributed by atoms with Crippen LogP contribution in [0, 0.1) is 26.1 Å². The van der Waals surface area contributed by atoms with Crippen LogP contribution in [0.1, 0.15) is 38.5 Å². The molecule has 26 heavy (non-hydrogen) atoms. The Bertz CT molecular complexity index is 651. The summed E-state index contributed by atoms with van der Waals surface area (Å²) in [6.45, 7) is 5.02. The highest BCUT2D eigenvalue weighted by atomic mass is 16.6. The minimum Gasteiger partial charge on any atom is -0.366 e. The van der Waals surface area contributed by atoms with Crippen molar-refractivity contribution >= 4 is 17.1 Å². The molecule has 0 spiro atoms. The molecule has 2 aliphatic heterocycles. The van der Waals surface area contributed by atoms with E-state index < -0.39 is 9.85 Å². The van der Waals surface area contributed by atoms with Crippen LogP contribution in [-0.2, 0) is 0 Å². The average molecular weight is 362 g/mol. The number of hydrogen-bond acceptors (Lipinski definition) is 6. The maximum Gasteiger partial charge on any atom is 0.299 e. The largest absolute Gasteiger partial charge is 0.366 e. The molecule has 0 aliphatic carbocycles. The molecule has 1 aromatic rings. The Hall–Kier alpha value is -2.22. The second-order valence-electron chi connectivity index (χ2n) is 7.33. The molecule has 0 amide bonds. The van der Waals surface area contributed by atoms with Gasteiger partial charge in [-0.1, -0.05) is 12.8 Å². The third-order valence-corrected chi connectivity index (χ3v) is 5.54. The molecule has 0 aromatic heterocycles. The summed E-state index contributed by atoms with van der Waals surface area (Å²) < 4.78 is 0. The topological polar surface area (TPSA) is 92.8 Å². The number of rotatable bonds is 5. The SMILES string of the molecule is O=[N+]([O-])c1ccc(N2CCC(CN3CCCCCC3)CC2)c([N+](=O)[O-])c1. The average Bonchev–Trinajstić information content (AvgIpc) is 2.90. The molecule has 2 fully saturated rings. The fraction of sp³-hybridized carbons (Fsp3) is 0.667. The van der Waals surface area contributed by atoms with Crippen LogP contribution in [0.4, 0.5) is 17.1 Å². The summed E-state index contributed by atoms with van der Waals surface area (Å²) in [5, 5.41) is 22.2. The molecule has 0 unspecified atom stereocenters. The van der Waals surface area contributed by atoms with Gasteiger partial charge in [0.2, 0.25) is 0 Å². The number of nitrogens with zero attached hydrogens (tertiary/aromatic N) is 4. The summed E-state index contributed by atoms with van der Waals surface area (Å²) in [6.07, 6.45) is 7.24. The smallest absolute Gasteiger partial charge is 0.299 e. The Balaban J connectivity index is 1.62. The van der Waals surface area contributed by atoms with Crippen molar-refractivity contribution in [3.8, 4) is 0 Å². The fourth-order valence-electron chi connectivity index (χ4n) is 4.08. The minimum absolute atomic E-state index is 0.176. The number of anilines is 1. The monoisotopic (exact) mass is 362 g/mol. The quantitative estimate of drug-likeness (QED) is 0.587. The Morgan fingerprint density at radius 2 is 1.58 bits per heavy atom. The van der Waals surface area contributed by atoms with Crippen LogP contribution in [0.3, 0.4) is 0 Å². The number of non-ortho nitro benzene ring substituents is 1. The highest BCUT2D eigenvalue weighted by Crippen LogP contribution is 2.34. The zero-order valence-corrected chi connectivity index (χ0v) is 15.0. The van der Waals surface area contributed by atoms with Crippen LogP contribution in [0.15, 0.2) is 18.2 Å². The van der Waals surface area contributed by atoms with Gasteiger partial charge in [-0.3, -0.25) is 20.2 Å². The first-order valence-electron chi connectivity index (χ1n) is 9.45. The van der Waals surface area contributed by atoms with Crippen LogP contribution < -0.4 is 4.90 Å². The summed E-state index contributed by atoms with van der Waals surface area (Å²) in [5.74, 6) is 0.626. The van der Waals surface area contributed by atoms with Crippen molar-refractivity contribution in [3.63, 3.8) is 0 Å². The highest BCUT2D eigenvalue weighted by molar-refractivity contribution is 5.67. The van der Waals surface area contributed by atoms with Gasteiger partial charge in [-0.2, -0.15) is 0 Å². The first kappa shape index (κ1) is 18.6. The summed E-state index contributed by atoms with van der Waals surface area (Å²) in [7, 11) is 0. The number of hydrogen-bond donors (Lipinski definition) is 0. The molecule has 2 heterocycles. The molecular weight excluding hydrogens is 336 g/mol. The third-order valence-electron chi connectivity index (χ3n) is 5.54. The number of benzene rings is 1. The fourth-order valence-corrected chi connectivity index (χ4v) is 4.08. The molecule has 2 saturated heterocycles. The predicted octanol–water partition coefficient (Wildman–Crippen LogP) is 3.60. The van der Waals surface area contributed by atoms with E-state index in [1.807, 2.05) is 4.90 Å². The second-order valence-corrected chi connectivity index (χ2v) is 7.33. The van der Waals surface area contributed by atoms with Crippen LogP contribution in [0.2, 0.25) is 0 Å². The second kappa shape index (κ2) is 8.44. The van der Waals surface area contributed by atoms with E-state index in [4.69, 9.17) is 0 Å². The lowest BCUT2D eigenvalue weighted by atomic mass is 9.95. The highest BCUT2D eigenvalue weighted by Gasteiger charge is 2.27. The Morgan fingerprint density at radius 3 is 2.15 bits per heavy atom. The van der Waals surface area contributed by atoms with Gasteiger partial charge < -0.3 is 9.80 Å². The first-order valence-corrected chi connectivity index (χ1v) is 9.45. The molecule has 8 heteroatoms. The van der Waals surface area contributed by atoms with Gasteiger partial charge in [0.1, 0.15) is 5.69 Å². The summed E-state index contributed by atoms with van der Waals surface area (Å²) in [4.78, 5) is 25.7. The van der Waals surface area contributed by atoms with Crippen LogP contribution in [0.5, 0.6) is 0 Å².